The monoisotopic (exact) mass is 282 g/mol. The van der Waals surface area contributed by atoms with Gasteiger partial charge < -0.3 is 15.2 Å². The Balaban J connectivity index is 1.54. The SMILES string of the molecule is N[C@H](Cc1c[nH]c2ccccc12)c1nc(C2CCC2)no1. The van der Waals surface area contributed by atoms with Crippen LogP contribution in [0.5, 0.6) is 0 Å². The predicted octanol–water partition coefficient (Wildman–Crippen LogP) is 3.06. The minimum atomic E-state index is -0.259. The molecule has 1 aliphatic rings. The molecule has 0 spiro atoms. The summed E-state index contributed by atoms with van der Waals surface area (Å²) in [6, 6.07) is 7.95. The summed E-state index contributed by atoms with van der Waals surface area (Å²) in [7, 11) is 0. The first kappa shape index (κ1) is 12.6. The van der Waals surface area contributed by atoms with Gasteiger partial charge in [0, 0.05) is 23.0 Å². The number of hydrogen-bond donors (Lipinski definition) is 2. The maximum absolute atomic E-state index is 6.24. The molecule has 0 bridgehead atoms. The maximum Gasteiger partial charge on any atom is 0.243 e. The zero-order valence-corrected chi connectivity index (χ0v) is 11.7. The fraction of sp³-hybridized carbons (Fsp3) is 0.375. The second kappa shape index (κ2) is 5.00. The van der Waals surface area contributed by atoms with Crippen molar-refractivity contribution in [1.82, 2.24) is 15.1 Å². The molecule has 108 valence electrons. The van der Waals surface area contributed by atoms with E-state index >= 15 is 0 Å². The van der Waals surface area contributed by atoms with E-state index in [1.165, 1.54) is 17.4 Å². The van der Waals surface area contributed by atoms with Gasteiger partial charge in [0.25, 0.3) is 0 Å². The molecule has 4 rings (SSSR count). The number of H-pyrrole nitrogens is 1. The Hall–Kier alpha value is -2.14. The van der Waals surface area contributed by atoms with Gasteiger partial charge in [-0.2, -0.15) is 4.98 Å². The van der Waals surface area contributed by atoms with Crippen LogP contribution in [0.1, 0.15) is 48.5 Å². The van der Waals surface area contributed by atoms with Crippen LogP contribution < -0.4 is 5.73 Å². The summed E-state index contributed by atoms with van der Waals surface area (Å²) >= 11 is 0. The van der Waals surface area contributed by atoms with Gasteiger partial charge in [0.05, 0.1) is 6.04 Å². The number of hydrogen-bond acceptors (Lipinski definition) is 4. The van der Waals surface area contributed by atoms with Crippen molar-refractivity contribution < 1.29 is 4.52 Å². The second-order valence-electron chi connectivity index (χ2n) is 5.79. The zero-order valence-electron chi connectivity index (χ0n) is 11.7. The molecule has 0 saturated heterocycles. The van der Waals surface area contributed by atoms with E-state index in [1.54, 1.807) is 0 Å². The van der Waals surface area contributed by atoms with Crippen LogP contribution in [-0.2, 0) is 6.42 Å². The van der Waals surface area contributed by atoms with Crippen molar-refractivity contribution in [2.75, 3.05) is 0 Å². The lowest BCUT2D eigenvalue weighted by Gasteiger charge is -2.21. The van der Waals surface area contributed by atoms with Crippen molar-refractivity contribution in [2.24, 2.45) is 5.73 Å². The van der Waals surface area contributed by atoms with Crippen molar-refractivity contribution in [2.45, 2.75) is 37.6 Å². The van der Waals surface area contributed by atoms with E-state index in [9.17, 15) is 0 Å². The fourth-order valence-corrected chi connectivity index (χ4v) is 2.85. The molecular formula is C16H18N4O. The third kappa shape index (κ3) is 2.23. The van der Waals surface area contributed by atoms with E-state index in [0.29, 0.717) is 18.2 Å². The first-order valence-electron chi connectivity index (χ1n) is 7.45. The van der Waals surface area contributed by atoms with Crippen LogP contribution in [0.15, 0.2) is 35.0 Å². The Morgan fingerprint density at radius 2 is 2.19 bits per heavy atom. The lowest BCUT2D eigenvalue weighted by Crippen LogP contribution is -2.15. The van der Waals surface area contributed by atoms with Crippen LogP contribution >= 0.6 is 0 Å². The van der Waals surface area contributed by atoms with Crippen LogP contribution in [0.4, 0.5) is 0 Å². The van der Waals surface area contributed by atoms with Gasteiger partial charge in [-0.25, -0.2) is 0 Å². The number of nitrogens with two attached hydrogens (primary N) is 1. The molecule has 0 aliphatic heterocycles. The van der Waals surface area contributed by atoms with Crippen molar-refractivity contribution >= 4 is 10.9 Å². The number of para-hydroxylation sites is 1. The number of nitrogens with one attached hydrogen (secondary N) is 1. The number of nitrogens with zero attached hydrogens (tertiary/aromatic N) is 2. The number of rotatable bonds is 4. The first-order valence-corrected chi connectivity index (χ1v) is 7.45. The third-order valence-electron chi connectivity index (χ3n) is 4.36. The smallest absolute Gasteiger partial charge is 0.243 e. The standard InChI is InChI=1S/C16H18N4O/c17-13(16-19-15(20-21-16)10-4-3-5-10)8-11-9-18-14-7-2-1-6-12(11)14/h1-2,6-7,9-10,13,18H,3-5,8,17H2/t13-/m1/s1. The second-order valence-corrected chi connectivity index (χ2v) is 5.79. The van der Waals surface area contributed by atoms with E-state index in [0.717, 1.165) is 24.2 Å². The highest BCUT2D eigenvalue weighted by Crippen LogP contribution is 2.35. The van der Waals surface area contributed by atoms with Gasteiger partial charge >= 0.3 is 0 Å². The van der Waals surface area contributed by atoms with Crippen LogP contribution in [0, 0.1) is 0 Å². The molecule has 1 aliphatic carbocycles. The van der Waals surface area contributed by atoms with E-state index in [1.807, 2.05) is 18.3 Å². The maximum atomic E-state index is 6.24. The summed E-state index contributed by atoms with van der Waals surface area (Å²) in [5.41, 5.74) is 8.55. The van der Waals surface area contributed by atoms with Crippen molar-refractivity contribution in [3.8, 4) is 0 Å². The molecule has 1 fully saturated rings. The molecule has 3 N–H and O–H groups in total. The minimum absolute atomic E-state index is 0.259. The lowest BCUT2D eigenvalue weighted by atomic mass is 9.85. The number of aromatic nitrogens is 3. The van der Waals surface area contributed by atoms with Crippen molar-refractivity contribution in [1.29, 1.82) is 0 Å². The average Bonchev–Trinajstić information content (AvgIpc) is 3.05. The molecule has 5 nitrogen and oxygen atoms in total. The number of fused-ring (bicyclic) bond motifs is 1. The fourth-order valence-electron chi connectivity index (χ4n) is 2.85. The molecule has 0 unspecified atom stereocenters. The highest BCUT2D eigenvalue weighted by Gasteiger charge is 2.26. The summed E-state index contributed by atoms with van der Waals surface area (Å²) in [5.74, 6) is 1.84. The molecule has 1 atom stereocenters. The van der Waals surface area contributed by atoms with E-state index in [2.05, 4.69) is 27.3 Å². The lowest BCUT2D eigenvalue weighted by molar-refractivity contribution is 0.334. The van der Waals surface area contributed by atoms with Crippen LogP contribution in [0.25, 0.3) is 10.9 Å². The normalized spacial score (nSPS) is 17.0. The Morgan fingerprint density at radius 3 is 3.00 bits per heavy atom. The number of aromatic amines is 1. The first-order chi connectivity index (χ1) is 10.3. The molecule has 0 amide bonds. The summed E-state index contributed by atoms with van der Waals surface area (Å²) in [6.45, 7) is 0. The topological polar surface area (TPSA) is 80.7 Å². The Labute approximate surface area is 122 Å². The molecule has 0 radical (unpaired) electrons. The van der Waals surface area contributed by atoms with E-state index in [-0.39, 0.29) is 6.04 Å². The van der Waals surface area contributed by atoms with Gasteiger partial charge in [-0.3, -0.25) is 0 Å². The van der Waals surface area contributed by atoms with Gasteiger partial charge in [-0.05, 0) is 30.9 Å². The molecule has 2 aromatic heterocycles. The molecule has 1 saturated carbocycles. The molecule has 1 aromatic carbocycles. The predicted molar refractivity (Wildman–Crippen MR) is 79.8 cm³/mol. The van der Waals surface area contributed by atoms with Crippen LogP contribution in [0.3, 0.4) is 0 Å². The van der Waals surface area contributed by atoms with Crippen LogP contribution in [0.2, 0.25) is 0 Å². The average molecular weight is 282 g/mol. The minimum Gasteiger partial charge on any atom is -0.361 e. The summed E-state index contributed by atoms with van der Waals surface area (Å²) in [4.78, 5) is 7.74. The van der Waals surface area contributed by atoms with Crippen LogP contribution in [-0.4, -0.2) is 15.1 Å². The van der Waals surface area contributed by atoms with Crippen molar-refractivity contribution in [3.63, 3.8) is 0 Å². The molecule has 5 heteroatoms. The summed E-state index contributed by atoms with van der Waals surface area (Å²) in [6.07, 6.45) is 6.29. The summed E-state index contributed by atoms with van der Waals surface area (Å²) < 4.78 is 5.35. The zero-order chi connectivity index (χ0) is 14.2. The quantitative estimate of drug-likeness (QED) is 0.770. The van der Waals surface area contributed by atoms with Crippen molar-refractivity contribution in [3.05, 3.63) is 47.7 Å². The Kier molecular flexibility index (Phi) is 3.00. The third-order valence-corrected chi connectivity index (χ3v) is 4.36. The Bertz CT molecular complexity index is 756. The van der Waals surface area contributed by atoms with Gasteiger partial charge in [-0.1, -0.05) is 29.8 Å². The number of benzene rings is 1. The molecule has 2 heterocycles. The van der Waals surface area contributed by atoms with E-state index in [4.69, 9.17) is 10.3 Å². The Morgan fingerprint density at radius 1 is 1.33 bits per heavy atom. The summed E-state index contributed by atoms with van der Waals surface area (Å²) in [5, 5.41) is 5.28. The van der Waals surface area contributed by atoms with Gasteiger partial charge in [0.1, 0.15) is 0 Å². The van der Waals surface area contributed by atoms with Gasteiger partial charge in [0.2, 0.25) is 5.89 Å². The molecule has 3 aromatic rings. The highest BCUT2D eigenvalue weighted by atomic mass is 16.5. The highest BCUT2D eigenvalue weighted by molar-refractivity contribution is 5.83. The van der Waals surface area contributed by atoms with Gasteiger partial charge in [-0.15, -0.1) is 0 Å². The molecule has 21 heavy (non-hydrogen) atoms. The van der Waals surface area contributed by atoms with E-state index < -0.39 is 0 Å². The largest absolute Gasteiger partial charge is 0.361 e. The van der Waals surface area contributed by atoms with Gasteiger partial charge in [0.15, 0.2) is 5.82 Å². The molecular weight excluding hydrogens is 264 g/mol.